The monoisotopic (exact) mass is 348 g/mol. The molecule has 1 N–H and O–H groups in total. The van der Waals surface area contributed by atoms with Crippen LogP contribution in [0.15, 0.2) is 0 Å². The fourth-order valence-corrected chi connectivity index (χ4v) is 4.12. The summed E-state index contributed by atoms with van der Waals surface area (Å²) in [6.45, 7) is 5.95. The molecule has 24 heavy (non-hydrogen) atoms. The van der Waals surface area contributed by atoms with Gasteiger partial charge in [-0.25, -0.2) is 0 Å². The van der Waals surface area contributed by atoms with Gasteiger partial charge in [0.15, 0.2) is 6.61 Å². The van der Waals surface area contributed by atoms with Gasteiger partial charge in [-0.15, -0.1) is 11.3 Å². The van der Waals surface area contributed by atoms with Gasteiger partial charge in [-0.05, 0) is 43.1 Å². The van der Waals surface area contributed by atoms with Gasteiger partial charge in [-0.2, -0.15) is 5.26 Å². The highest BCUT2D eigenvalue weighted by Gasteiger charge is 2.24. The number of amides is 1. The maximum Gasteiger partial charge on any atom is 0.306 e. The minimum atomic E-state index is -0.393. The predicted octanol–water partition coefficient (Wildman–Crippen LogP) is 3.66. The third-order valence-electron chi connectivity index (χ3n) is 4.17. The summed E-state index contributed by atoms with van der Waals surface area (Å²) >= 11 is 1.47. The number of thiophene rings is 1. The van der Waals surface area contributed by atoms with E-state index in [0.29, 0.717) is 28.8 Å². The molecule has 1 atom stereocenters. The highest BCUT2D eigenvalue weighted by Crippen LogP contribution is 2.39. The summed E-state index contributed by atoms with van der Waals surface area (Å²) in [5, 5.41) is 12.7. The van der Waals surface area contributed by atoms with Crippen molar-refractivity contribution in [2.24, 2.45) is 11.8 Å². The maximum absolute atomic E-state index is 12.0. The molecule has 2 rings (SSSR count). The second kappa shape index (κ2) is 8.29. The van der Waals surface area contributed by atoms with Crippen LogP contribution in [0, 0.1) is 23.2 Å². The Balaban J connectivity index is 1.93. The Kier molecular flexibility index (Phi) is 6.38. The third kappa shape index (κ3) is 4.81. The summed E-state index contributed by atoms with van der Waals surface area (Å²) in [6.07, 6.45) is 3.97. The number of ether oxygens (including phenoxy) is 1. The second-order valence-corrected chi connectivity index (χ2v) is 7.91. The Morgan fingerprint density at radius 2 is 2.21 bits per heavy atom. The molecule has 5 nitrogen and oxygen atoms in total. The van der Waals surface area contributed by atoms with Crippen LogP contribution in [0.1, 0.15) is 56.0 Å². The van der Waals surface area contributed by atoms with Gasteiger partial charge in [-0.1, -0.05) is 20.8 Å². The zero-order valence-electron chi connectivity index (χ0n) is 14.5. The molecule has 0 unspecified atom stereocenters. The molecule has 0 spiro atoms. The normalized spacial score (nSPS) is 16.4. The SMILES string of the molecule is CC(C)CCC(=O)OCC(=O)Nc1sc2c(c1C#N)CC[C@@H](C)C2. The lowest BCUT2D eigenvalue weighted by atomic mass is 9.89. The summed E-state index contributed by atoms with van der Waals surface area (Å²) in [6, 6.07) is 2.21. The third-order valence-corrected chi connectivity index (χ3v) is 5.34. The molecule has 1 aliphatic carbocycles. The van der Waals surface area contributed by atoms with Gasteiger partial charge >= 0.3 is 5.97 Å². The van der Waals surface area contributed by atoms with Crippen molar-refractivity contribution in [3.8, 4) is 6.07 Å². The van der Waals surface area contributed by atoms with Crippen molar-refractivity contribution < 1.29 is 14.3 Å². The minimum Gasteiger partial charge on any atom is -0.456 e. The number of nitrogens with one attached hydrogen (secondary N) is 1. The summed E-state index contributed by atoms with van der Waals surface area (Å²) in [7, 11) is 0. The molecule has 0 fully saturated rings. The molecule has 0 saturated carbocycles. The van der Waals surface area contributed by atoms with Gasteiger partial charge in [-0.3, -0.25) is 9.59 Å². The molecule has 1 amide bonds. The zero-order valence-corrected chi connectivity index (χ0v) is 15.3. The molecule has 0 aliphatic heterocycles. The highest BCUT2D eigenvalue weighted by molar-refractivity contribution is 7.16. The first kappa shape index (κ1) is 18.5. The van der Waals surface area contributed by atoms with Gasteiger partial charge in [0, 0.05) is 11.3 Å². The quantitative estimate of drug-likeness (QED) is 0.796. The Hall–Kier alpha value is -1.87. The molecule has 0 saturated heterocycles. The van der Waals surface area contributed by atoms with Crippen LogP contribution in [-0.2, 0) is 27.2 Å². The van der Waals surface area contributed by atoms with E-state index < -0.39 is 5.91 Å². The van der Waals surface area contributed by atoms with Crippen LogP contribution in [0.25, 0.3) is 0 Å². The minimum absolute atomic E-state index is 0.305. The van der Waals surface area contributed by atoms with Crippen molar-refractivity contribution in [2.75, 3.05) is 11.9 Å². The smallest absolute Gasteiger partial charge is 0.306 e. The fourth-order valence-electron chi connectivity index (χ4n) is 2.74. The van der Waals surface area contributed by atoms with Crippen molar-refractivity contribution in [2.45, 2.75) is 52.9 Å². The van der Waals surface area contributed by atoms with E-state index in [-0.39, 0.29) is 12.6 Å². The van der Waals surface area contributed by atoms with E-state index >= 15 is 0 Å². The second-order valence-electron chi connectivity index (χ2n) is 6.81. The molecule has 0 radical (unpaired) electrons. The van der Waals surface area contributed by atoms with Crippen LogP contribution in [0.3, 0.4) is 0 Å². The van der Waals surface area contributed by atoms with Gasteiger partial charge in [0.25, 0.3) is 5.91 Å². The van der Waals surface area contributed by atoms with E-state index in [1.54, 1.807) is 0 Å². The summed E-state index contributed by atoms with van der Waals surface area (Å²) in [5.74, 6) is 0.271. The van der Waals surface area contributed by atoms with E-state index in [2.05, 4.69) is 18.3 Å². The average Bonchev–Trinajstić information content (AvgIpc) is 2.86. The molecule has 0 bridgehead atoms. The first-order chi connectivity index (χ1) is 11.4. The lowest BCUT2D eigenvalue weighted by Crippen LogP contribution is -2.21. The number of carbonyl (C=O) groups is 2. The van der Waals surface area contributed by atoms with Crippen LogP contribution < -0.4 is 5.32 Å². The van der Waals surface area contributed by atoms with Crippen LogP contribution >= 0.6 is 11.3 Å². The number of esters is 1. The lowest BCUT2D eigenvalue weighted by Gasteiger charge is -2.17. The van der Waals surface area contributed by atoms with Crippen molar-refractivity contribution in [3.05, 3.63) is 16.0 Å². The van der Waals surface area contributed by atoms with Crippen LogP contribution in [0.5, 0.6) is 0 Å². The van der Waals surface area contributed by atoms with E-state index in [0.717, 1.165) is 31.2 Å². The molecule has 1 aromatic rings. The molecule has 0 aromatic carbocycles. The number of rotatable bonds is 6. The first-order valence-electron chi connectivity index (χ1n) is 8.40. The molecular formula is C18H24N2O3S. The van der Waals surface area contributed by atoms with Crippen molar-refractivity contribution in [3.63, 3.8) is 0 Å². The molecule has 1 aromatic heterocycles. The Morgan fingerprint density at radius 3 is 2.88 bits per heavy atom. The van der Waals surface area contributed by atoms with Gasteiger partial charge in [0.1, 0.15) is 11.1 Å². The van der Waals surface area contributed by atoms with Crippen molar-refractivity contribution in [1.82, 2.24) is 0 Å². The highest BCUT2D eigenvalue weighted by atomic mass is 32.1. The largest absolute Gasteiger partial charge is 0.456 e. The average molecular weight is 348 g/mol. The van der Waals surface area contributed by atoms with Gasteiger partial charge in [0.05, 0.1) is 5.56 Å². The fraction of sp³-hybridized carbons (Fsp3) is 0.611. The number of fused-ring (bicyclic) bond motifs is 1. The summed E-state index contributed by atoms with van der Waals surface area (Å²) in [5.41, 5.74) is 1.64. The number of nitrogens with zero attached hydrogens (tertiary/aromatic N) is 1. The number of carbonyl (C=O) groups excluding carboxylic acids is 2. The Morgan fingerprint density at radius 1 is 1.46 bits per heavy atom. The maximum atomic E-state index is 12.0. The van der Waals surface area contributed by atoms with E-state index in [1.807, 2.05) is 13.8 Å². The Labute approximate surface area is 147 Å². The topological polar surface area (TPSA) is 79.2 Å². The van der Waals surface area contributed by atoms with E-state index in [9.17, 15) is 14.9 Å². The predicted molar refractivity (Wildman–Crippen MR) is 93.9 cm³/mol. The molecule has 6 heteroatoms. The number of anilines is 1. The Bertz CT molecular complexity index is 658. The standard InChI is InChI=1S/C18H24N2O3S/c1-11(2)4-7-17(22)23-10-16(21)20-18-14(9-19)13-6-5-12(3)8-15(13)24-18/h11-12H,4-8,10H2,1-3H3,(H,20,21)/t12-/m1/s1. The lowest BCUT2D eigenvalue weighted by molar-refractivity contribution is -0.147. The molecule has 1 heterocycles. The molecule has 1 aliphatic rings. The van der Waals surface area contributed by atoms with Crippen molar-refractivity contribution >= 4 is 28.2 Å². The zero-order chi connectivity index (χ0) is 17.7. The van der Waals surface area contributed by atoms with E-state index in [1.165, 1.54) is 16.2 Å². The van der Waals surface area contributed by atoms with E-state index in [4.69, 9.17) is 4.74 Å². The number of hydrogen-bond donors (Lipinski definition) is 1. The van der Waals surface area contributed by atoms with Gasteiger partial charge < -0.3 is 10.1 Å². The summed E-state index contributed by atoms with van der Waals surface area (Å²) < 4.78 is 4.99. The summed E-state index contributed by atoms with van der Waals surface area (Å²) in [4.78, 5) is 24.8. The van der Waals surface area contributed by atoms with Crippen LogP contribution in [0.4, 0.5) is 5.00 Å². The number of nitriles is 1. The molecular weight excluding hydrogens is 324 g/mol. The van der Waals surface area contributed by atoms with Crippen LogP contribution in [-0.4, -0.2) is 18.5 Å². The van der Waals surface area contributed by atoms with Gasteiger partial charge in [0.2, 0.25) is 0 Å². The first-order valence-corrected chi connectivity index (χ1v) is 9.22. The van der Waals surface area contributed by atoms with Crippen LogP contribution in [0.2, 0.25) is 0 Å². The molecule has 130 valence electrons. The number of hydrogen-bond acceptors (Lipinski definition) is 5. The van der Waals surface area contributed by atoms with Crippen molar-refractivity contribution in [1.29, 1.82) is 5.26 Å².